The van der Waals surface area contributed by atoms with Crippen LogP contribution in [0, 0.1) is 0 Å². The fraction of sp³-hybridized carbons (Fsp3) is 0.667. The van der Waals surface area contributed by atoms with Gasteiger partial charge in [-0.05, 0) is 38.3 Å². The highest BCUT2D eigenvalue weighted by Gasteiger charge is 2.26. The summed E-state index contributed by atoms with van der Waals surface area (Å²) in [4.78, 5) is 4.49. The first-order chi connectivity index (χ1) is 9.13. The van der Waals surface area contributed by atoms with Crippen LogP contribution >= 0.6 is 0 Å². The van der Waals surface area contributed by atoms with Gasteiger partial charge in [0.05, 0.1) is 12.3 Å². The average Bonchev–Trinajstić information content (AvgIpc) is 2.40. The van der Waals surface area contributed by atoms with Crippen molar-refractivity contribution < 1.29 is 4.74 Å². The van der Waals surface area contributed by atoms with Gasteiger partial charge >= 0.3 is 0 Å². The van der Waals surface area contributed by atoms with Crippen molar-refractivity contribution in [2.24, 2.45) is 0 Å². The second-order valence-electron chi connectivity index (χ2n) is 5.69. The summed E-state index contributed by atoms with van der Waals surface area (Å²) in [5.74, 6) is 1.41. The number of ether oxygens (including phenoxy) is 1. The van der Waals surface area contributed by atoms with Crippen LogP contribution in [0.15, 0.2) is 12.1 Å². The second-order valence-corrected chi connectivity index (χ2v) is 5.69. The molecule has 3 N–H and O–H groups in total. The number of hydrogen-bond donors (Lipinski definition) is 2. The standard InChI is InChI=1S/C15H25N3O/c1-3-11-19-14-12(16)7-8-13(17-14)18-15(2)9-5-4-6-10-15/h7-8H,3-6,9-11,16H2,1-2H3,(H,17,18). The van der Waals surface area contributed by atoms with Gasteiger partial charge in [0.1, 0.15) is 5.82 Å². The van der Waals surface area contributed by atoms with Crippen LogP contribution in [0.2, 0.25) is 0 Å². The first-order valence-electron chi connectivity index (χ1n) is 7.30. The highest BCUT2D eigenvalue weighted by atomic mass is 16.5. The number of nitrogens with two attached hydrogens (primary N) is 1. The van der Waals surface area contributed by atoms with Gasteiger partial charge in [-0.25, -0.2) is 0 Å². The molecule has 0 spiro atoms. The van der Waals surface area contributed by atoms with Crippen LogP contribution in [-0.4, -0.2) is 17.1 Å². The Balaban J connectivity index is 2.07. The summed E-state index contributed by atoms with van der Waals surface area (Å²) in [6, 6.07) is 3.81. The summed E-state index contributed by atoms with van der Waals surface area (Å²) in [7, 11) is 0. The summed E-state index contributed by atoms with van der Waals surface area (Å²) in [5, 5.41) is 3.55. The van der Waals surface area contributed by atoms with Gasteiger partial charge in [0.2, 0.25) is 5.88 Å². The quantitative estimate of drug-likeness (QED) is 0.852. The number of hydrogen-bond acceptors (Lipinski definition) is 4. The number of rotatable bonds is 5. The predicted octanol–water partition coefficient (Wildman–Crippen LogP) is 3.59. The van der Waals surface area contributed by atoms with Gasteiger partial charge in [0.15, 0.2) is 0 Å². The Bertz CT molecular complexity index is 414. The topological polar surface area (TPSA) is 60.2 Å². The van der Waals surface area contributed by atoms with E-state index in [4.69, 9.17) is 10.5 Å². The smallest absolute Gasteiger partial charge is 0.239 e. The first kappa shape index (κ1) is 14.0. The van der Waals surface area contributed by atoms with Gasteiger partial charge in [-0.15, -0.1) is 0 Å². The third-order valence-corrected chi connectivity index (χ3v) is 3.72. The number of nitrogen functional groups attached to an aromatic ring is 1. The Hall–Kier alpha value is -1.45. The van der Waals surface area contributed by atoms with Crippen LogP contribution in [0.1, 0.15) is 52.4 Å². The van der Waals surface area contributed by atoms with E-state index in [9.17, 15) is 0 Å². The Kier molecular flexibility index (Phi) is 4.51. The summed E-state index contributed by atoms with van der Waals surface area (Å²) in [5.41, 5.74) is 6.64. The maximum atomic E-state index is 5.88. The number of pyridine rings is 1. The van der Waals surface area contributed by atoms with E-state index in [-0.39, 0.29) is 5.54 Å². The second kappa shape index (κ2) is 6.13. The van der Waals surface area contributed by atoms with Crippen LogP contribution in [0.4, 0.5) is 11.5 Å². The van der Waals surface area contributed by atoms with E-state index >= 15 is 0 Å². The molecular weight excluding hydrogens is 238 g/mol. The Labute approximate surface area is 115 Å². The van der Waals surface area contributed by atoms with Crippen LogP contribution < -0.4 is 15.8 Å². The highest BCUT2D eigenvalue weighted by Crippen LogP contribution is 2.31. The minimum absolute atomic E-state index is 0.156. The molecule has 4 heteroatoms. The van der Waals surface area contributed by atoms with Gasteiger partial charge in [0, 0.05) is 5.54 Å². The number of aromatic nitrogens is 1. The van der Waals surface area contributed by atoms with Gasteiger partial charge < -0.3 is 15.8 Å². The Morgan fingerprint density at radius 2 is 2.05 bits per heavy atom. The highest BCUT2D eigenvalue weighted by molar-refractivity contribution is 5.54. The predicted molar refractivity (Wildman–Crippen MR) is 79.5 cm³/mol. The molecule has 1 saturated carbocycles. The van der Waals surface area contributed by atoms with Crippen LogP contribution in [-0.2, 0) is 0 Å². The van der Waals surface area contributed by atoms with E-state index in [2.05, 4.69) is 24.1 Å². The molecule has 0 saturated heterocycles. The molecule has 106 valence electrons. The van der Waals surface area contributed by atoms with Gasteiger partial charge in [-0.2, -0.15) is 4.98 Å². The summed E-state index contributed by atoms with van der Waals surface area (Å²) in [6.45, 7) is 5.00. The van der Waals surface area contributed by atoms with Crippen LogP contribution in [0.25, 0.3) is 0 Å². The normalized spacial score (nSPS) is 18.0. The van der Waals surface area contributed by atoms with Gasteiger partial charge in [0.25, 0.3) is 0 Å². The lowest BCUT2D eigenvalue weighted by molar-refractivity contribution is 0.306. The molecule has 1 aromatic rings. The lowest BCUT2D eigenvalue weighted by Crippen LogP contribution is -2.37. The fourth-order valence-electron chi connectivity index (χ4n) is 2.60. The molecule has 0 amide bonds. The van der Waals surface area contributed by atoms with E-state index in [0.29, 0.717) is 18.2 Å². The molecule has 0 bridgehead atoms. The Morgan fingerprint density at radius 1 is 1.32 bits per heavy atom. The zero-order valence-corrected chi connectivity index (χ0v) is 12.0. The Morgan fingerprint density at radius 3 is 2.74 bits per heavy atom. The minimum Gasteiger partial charge on any atom is -0.476 e. The maximum absolute atomic E-state index is 5.88. The number of nitrogens with one attached hydrogen (secondary N) is 1. The molecule has 1 aliphatic rings. The van der Waals surface area contributed by atoms with Crippen molar-refractivity contribution in [2.45, 2.75) is 57.9 Å². The van der Waals surface area contributed by atoms with E-state index in [0.717, 1.165) is 12.2 Å². The molecule has 2 rings (SSSR count). The maximum Gasteiger partial charge on any atom is 0.239 e. The molecular formula is C15H25N3O. The number of nitrogens with zero attached hydrogens (tertiary/aromatic N) is 1. The van der Waals surface area contributed by atoms with E-state index in [1.165, 1.54) is 32.1 Å². The monoisotopic (exact) mass is 263 g/mol. The van der Waals surface area contributed by atoms with Crippen molar-refractivity contribution >= 4 is 11.5 Å². The third-order valence-electron chi connectivity index (χ3n) is 3.72. The molecule has 1 fully saturated rings. The SMILES string of the molecule is CCCOc1nc(NC2(C)CCCCC2)ccc1N. The van der Waals surface area contributed by atoms with Crippen molar-refractivity contribution in [1.29, 1.82) is 0 Å². The summed E-state index contributed by atoms with van der Waals surface area (Å²) < 4.78 is 5.57. The molecule has 19 heavy (non-hydrogen) atoms. The molecule has 0 aliphatic heterocycles. The van der Waals surface area contributed by atoms with Crippen LogP contribution in [0.3, 0.4) is 0 Å². The number of anilines is 2. The molecule has 0 unspecified atom stereocenters. The van der Waals surface area contributed by atoms with E-state index in [1.54, 1.807) is 0 Å². The third kappa shape index (κ3) is 3.75. The van der Waals surface area contributed by atoms with Gasteiger partial charge in [-0.3, -0.25) is 0 Å². The van der Waals surface area contributed by atoms with Crippen molar-refractivity contribution in [3.05, 3.63) is 12.1 Å². The van der Waals surface area contributed by atoms with Crippen molar-refractivity contribution in [3.63, 3.8) is 0 Å². The largest absolute Gasteiger partial charge is 0.476 e. The molecule has 0 atom stereocenters. The molecule has 0 aromatic carbocycles. The molecule has 4 nitrogen and oxygen atoms in total. The molecule has 1 aromatic heterocycles. The first-order valence-corrected chi connectivity index (χ1v) is 7.30. The fourth-order valence-corrected chi connectivity index (χ4v) is 2.60. The van der Waals surface area contributed by atoms with E-state index < -0.39 is 0 Å². The average molecular weight is 263 g/mol. The van der Waals surface area contributed by atoms with Crippen LogP contribution in [0.5, 0.6) is 5.88 Å². The molecule has 1 aliphatic carbocycles. The van der Waals surface area contributed by atoms with E-state index in [1.807, 2.05) is 12.1 Å². The molecule has 0 radical (unpaired) electrons. The van der Waals surface area contributed by atoms with Crippen molar-refractivity contribution in [1.82, 2.24) is 4.98 Å². The minimum atomic E-state index is 0.156. The zero-order chi connectivity index (χ0) is 13.7. The zero-order valence-electron chi connectivity index (χ0n) is 12.0. The summed E-state index contributed by atoms with van der Waals surface area (Å²) >= 11 is 0. The lowest BCUT2D eigenvalue weighted by Gasteiger charge is -2.35. The molecule has 1 heterocycles. The van der Waals surface area contributed by atoms with Gasteiger partial charge in [-0.1, -0.05) is 26.2 Å². The van der Waals surface area contributed by atoms with Crippen molar-refractivity contribution in [2.75, 3.05) is 17.7 Å². The summed E-state index contributed by atoms with van der Waals surface area (Å²) in [6.07, 6.45) is 7.28. The lowest BCUT2D eigenvalue weighted by atomic mass is 9.83. The van der Waals surface area contributed by atoms with Crippen molar-refractivity contribution in [3.8, 4) is 5.88 Å².